The molecule has 7 nitrogen and oxygen atoms in total. The highest BCUT2D eigenvalue weighted by Gasteiger charge is 2.20. The van der Waals surface area contributed by atoms with E-state index in [1.165, 1.54) is 4.40 Å². The third-order valence-electron chi connectivity index (χ3n) is 4.27. The van der Waals surface area contributed by atoms with Crippen LogP contribution >= 0.6 is 0 Å². The van der Waals surface area contributed by atoms with Crippen LogP contribution in [0.2, 0.25) is 0 Å². The second kappa shape index (κ2) is 7.29. The highest BCUT2D eigenvalue weighted by Crippen LogP contribution is 2.18. The van der Waals surface area contributed by atoms with Crippen molar-refractivity contribution in [3.8, 4) is 0 Å². The van der Waals surface area contributed by atoms with E-state index in [-0.39, 0.29) is 17.5 Å². The van der Waals surface area contributed by atoms with Gasteiger partial charge < -0.3 is 14.6 Å². The van der Waals surface area contributed by atoms with Gasteiger partial charge in [0.15, 0.2) is 0 Å². The van der Waals surface area contributed by atoms with Crippen molar-refractivity contribution in [2.24, 2.45) is 0 Å². The number of rotatable bonds is 6. The Morgan fingerprint density at radius 1 is 1.35 bits per heavy atom. The van der Waals surface area contributed by atoms with E-state index < -0.39 is 0 Å². The molecule has 26 heavy (non-hydrogen) atoms. The lowest BCUT2D eigenvalue weighted by Crippen LogP contribution is -2.31. The molecule has 0 aliphatic heterocycles. The highest BCUT2D eigenvalue weighted by atomic mass is 16.5. The lowest BCUT2D eigenvalue weighted by atomic mass is 10.3. The summed E-state index contributed by atoms with van der Waals surface area (Å²) in [5, 5.41) is 3.34. The molecule has 0 atom stereocenters. The van der Waals surface area contributed by atoms with E-state index in [4.69, 9.17) is 9.72 Å². The maximum Gasteiger partial charge on any atom is 0.268 e. The van der Waals surface area contributed by atoms with Gasteiger partial charge in [0.05, 0.1) is 5.39 Å². The van der Waals surface area contributed by atoms with Crippen LogP contribution in [0.25, 0.3) is 16.7 Å². The van der Waals surface area contributed by atoms with Gasteiger partial charge in [0, 0.05) is 32.5 Å². The summed E-state index contributed by atoms with van der Waals surface area (Å²) in [6.07, 6.45) is 2.42. The first-order valence-corrected chi connectivity index (χ1v) is 8.75. The summed E-state index contributed by atoms with van der Waals surface area (Å²) in [6, 6.07) is 5.38. The number of hydrogen-bond acceptors (Lipinski definition) is 4. The van der Waals surface area contributed by atoms with E-state index in [1.54, 1.807) is 19.4 Å². The van der Waals surface area contributed by atoms with Crippen LogP contribution in [-0.4, -0.2) is 39.6 Å². The molecule has 0 bridgehead atoms. The van der Waals surface area contributed by atoms with Crippen LogP contribution in [0.15, 0.2) is 29.2 Å². The highest BCUT2D eigenvalue weighted by molar-refractivity contribution is 5.98. The van der Waals surface area contributed by atoms with Crippen LogP contribution in [0.1, 0.15) is 36.3 Å². The first-order chi connectivity index (χ1) is 12.4. The smallest absolute Gasteiger partial charge is 0.268 e. The van der Waals surface area contributed by atoms with Gasteiger partial charge >= 0.3 is 0 Å². The first kappa shape index (κ1) is 18.1. The number of methoxy groups -OCH3 is 1. The maximum atomic E-state index is 12.9. The second-order valence-electron chi connectivity index (χ2n) is 6.69. The van der Waals surface area contributed by atoms with Gasteiger partial charge in [-0.2, -0.15) is 0 Å². The van der Waals surface area contributed by atoms with Crippen molar-refractivity contribution in [2.45, 2.75) is 39.8 Å². The number of nitrogens with zero attached hydrogens (tertiary/aromatic N) is 3. The monoisotopic (exact) mass is 356 g/mol. The van der Waals surface area contributed by atoms with Crippen LogP contribution in [0, 0.1) is 6.92 Å². The molecule has 0 saturated heterocycles. The summed E-state index contributed by atoms with van der Waals surface area (Å²) >= 11 is 0. The zero-order valence-electron chi connectivity index (χ0n) is 15.6. The molecule has 0 spiro atoms. The van der Waals surface area contributed by atoms with E-state index in [9.17, 15) is 9.59 Å². The fourth-order valence-corrected chi connectivity index (χ4v) is 3.08. The fraction of sp³-hybridized carbons (Fsp3) is 0.421. The summed E-state index contributed by atoms with van der Waals surface area (Å²) in [5.74, 6) is -0.208. The average Bonchev–Trinajstić information content (AvgIpc) is 2.95. The van der Waals surface area contributed by atoms with Crippen molar-refractivity contribution in [3.63, 3.8) is 0 Å². The summed E-state index contributed by atoms with van der Waals surface area (Å²) in [4.78, 5) is 30.3. The van der Waals surface area contributed by atoms with Gasteiger partial charge in [0.1, 0.15) is 17.0 Å². The number of nitrogens with one attached hydrogen (secondary N) is 1. The van der Waals surface area contributed by atoms with Crippen molar-refractivity contribution >= 4 is 22.6 Å². The number of amides is 1. The van der Waals surface area contributed by atoms with E-state index in [0.717, 1.165) is 12.0 Å². The maximum absolute atomic E-state index is 12.9. The standard InChI is InChI=1S/C19H24N4O3/c1-12(2)20-18(24)15-11-14-17(22(15)9-6-10-26-4)21-16-13(3)7-5-8-23(16)19(14)25/h5,7-8,11-12H,6,9-10H2,1-4H3,(H,20,24). The molecule has 0 unspecified atom stereocenters. The molecular formula is C19H24N4O3. The molecule has 3 rings (SSSR count). The average molecular weight is 356 g/mol. The number of fused-ring (bicyclic) bond motifs is 2. The second-order valence-corrected chi connectivity index (χ2v) is 6.69. The zero-order valence-corrected chi connectivity index (χ0v) is 15.6. The zero-order chi connectivity index (χ0) is 18.8. The quantitative estimate of drug-likeness (QED) is 0.687. The molecule has 0 aliphatic carbocycles. The molecule has 0 aliphatic rings. The third kappa shape index (κ3) is 3.22. The number of ether oxygens (including phenoxy) is 1. The van der Waals surface area contributed by atoms with Gasteiger partial charge in [-0.05, 0) is 44.9 Å². The van der Waals surface area contributed by atoms with Gasteiger partial charge in [0.2, 0.25) is 0 Å². The summed E-state index contributed by atoms with van der Waals surface area (Å²) in [5.41, 5.74) is 2.33. The Morgan fingerprint density at radius 2 is 2.12 bits per heavy atom. The summed E-state index contributed by atoms with van der Waals surface area (Å²) in [7, 11) is 1.64. The van der Waals surface area contributed by atoms with E-state index >= 15 is 0 Å². The van der Waals surface area contributed by atoms with Gasteiger partial charge in [-0.3, -0.25) is 14.0 Å². The molecule has 0 fully saturated rings. The summed E-state index contributed by atoms with van der Waals surface area (Å²) in [6.45, 7) is 6.84. The SMILES string of the molecule is COCCCn1c(C(=O)NC(C)C)cc2c(=O)n3cccc(C)c3nc21. The van der Waals surface area contributed by atoms with Crippen molar-refractivity contribution in [1.82, 2.24) is 19.3 Å². The third-order valence-corrected chi connectivity index (χ3v) is 4.27. The molecule has 0 saturated carbocycles. The Morgan fingerprint density at radius 3 is 2.81 bits per heavy atom. The number of carbonyl (C=O) groups excluding carboxylic acids is 1. The van der Waals surface area contributed by atoms with Crippen molar-refractivity contribution < 1.29 is 9.53 Å². The fourth-order valence-electron chi connectivity index (χ4n) is 3.08. The Bertz CT molecular complexity index is 1020. The molecule has 1 amide bonds. The molecule has 1 N–H and O–H groups in total. The van der Waals surface area contributed by atoms with Crippen LogP contribution in [0.4, 0.5) is 0 Å². The Kier molecular flexibility index (Phi) is 5.08. The summed E-state index contributed by atoms with van der Waals surface area (Å²) < 4.78 is 8.48. The molecule has 3 heterocycles. The van der Waals surface area contributed by atoms with Crippen molar-refractivity contribution in [1.29, 1.82) is 0 Å². The van der Waals surface area contributed by atoms with Crippen LogP contribution in [-0.2, 0) is 11.3 Å². The van der Waals surface area contributed by atoms with Crippen LogP contribution in [0.3, 0.4) is 0 Å². The van der Waals surface area contributed by atoms with Gasteiger partial charge in [-0.1, -0.05) is 6.07 Å². The Labute approximate surface area is 151 Å². The van der Waals surface area contributed by atoms with Gasteiger partial charge in [0.25, 0.3) is 11.5 Å². The van der Waals surface area contributed by atoms with Gasteiger partial charge in [-0.15, -0.1) is 0 Å². The minimum Gasteiger partial charge on any atom is -0.385 e. The van der Waals surface area contributed by atoms with E-state index in [2.05, 4.69) is 5.32 Å². The first-order valence-electron chi connectivity index (χ1n) is 8.75. The van der Waals surface area contributed by atoms with E-state index in [1.807, 2.05) is 37.5 Å². The van der Waals surface area contributed by atoms with Crippen LogP contribution in [0.5, 0.6) is 0 Å². The minimum atomic E-state index is -0.208. The molecule has 0 aromatic carbocycles. The Hall–Kier alpha value is -2.67. The number of aromatic nitrogens is 3. The molecule has 3 aromatic heterocycles. The topological polar surface area (TPSA) is 77.6 Å². The minimum absolute atomic E-state index is 0.00306. The molecular weight excluding hydrogens is 332 g/mol. The largest absolute Gasteiger partial charge is 0.385 e. The van der Waals surface area contributed by atoms with Gasteiger partial charge in [-0.25, -0.2) is 4.98 Å². The predicted octanol–water partition coefficient (Wildman–Crippen LogP) is 2.13. The Balaban J connectivity index is 2.25. The number of hydrogen-bond donors (Lipinski definition) is 1. The predicted molar refractivity (Wildman–Crippen MR) is 101 cm³/mol. The lowest BCUT2D eigenvalue weighted by molar-refractivity contribution is 0.0933. The number of aryl methyl sites for hydroxylation is 2. The molecule has 3 aromatic rings. The normalized spacial score (nSPS) is 11.6. The van der Waals surface area contributed by atoms with Crippen molar-refractivity contribution in [3.05, 3.63) is 46.0 Å². The number of pyridine rings is 1. The van der Waals surface area contributed by atoms with E-state index in [0.29, 0.717) is 35.5 Å². The molecule has 138 valence electrons. The van der Waals surface area contributed by atoms with Crippen molar-refractivity contribution in [2.75, 3.05) is 13.7 Å². The molecule has 7 heteroatoms. The number of carbonyl (C=O) groups is 1. The van der Waals surface area contributed by atoms with Crippen LogP contribution < -0.4 is 10.9 Å². The lowest BCUT2D eigenvalue weighted by Gasteiger charge is -2.12. The molecule has 0 radical (unpaired) electrons.